The van der Waals surface area contributed by atoms with E-state index in [1.165, 1.54) is 0 Å². The molecule has 0 aromatic carbocycles. The molecule has 2 amide bonds. The van der Waals surface area contributed by atoms with Gasteiger partial charge in [-0.25, -0.2) is 4.63 Å². The third-order valence-electron chi connectivity index (χ3n) is 3.82. The molecule has 122 valence electrons. The molecule has 2 rings (SSSR count). The van der Waals surface area contributed by atoms with Crippen molar-refractivity contribution < 1.29 is 19.0 Å². The zero-order valence-electron chi connectivity index (χ0n) is 13.0. The van der Waals surface area contributed by atoms with Crippen molar-refractivity contribution >= 4 is 11.8 Å². The summed E-state index contributed by atoms with van der Waals surface area (Å²) in [7, 11) is 0. The summed E-state index contributed by atoms with van der Waals surface area (Å²) in [5.41, 5.74) is 1.31. The molecule has 1 aliphatic heterocycles. The minimum Gasteiger partial charge on any atom is -0.372 e. The average molecular weight is 310 g/mol. The van der Waals surface area contributed by atoms with Crippen molar-refractivity contribution in [3.63, 3.8) is 0 Å². The van der Waals surface area contributed by atoms with Gasteiger partial charge >= 0.3 is 0 Å². The Kier molecular flexibility index (Phi) is 5.88. The number of hydrogen-bond donors (Lipinski definition) is 1. The smallest absolute Gasteiger partial charge is 0.248 e. The molecule has 1 saturated heterocycles. The number of ether oxygens (including phenoxy) is 1. The number of nitrogens with zero attached hydrogens (tertiary/aromatic N) is 3. The third-order valence-corrected chi connectivity index (χ3v) is 3.82. The molecule has 0 saturated carbocycles. The van der Waals surface area contributed by atoms with Crippen LogP contribution in [-0.4, -0.2) is 53.3 Å². The largest absolute Gasteiger partial charge is 0.372 e. The van der Waals surface area contributed by atoms with Gasteiger partial charge in [-0.05, 0) is 26.7 Å². The van der Waals surface area contributed by atoms with Crippen LogP contribution in [0.4, 0.5) is 0 Å². The Bertz CT molecular complexity index is 509. The topological polar surface area (TPSA) is 97.6 Å². The number of rotatable bonds is 6. The molecule has 8 heteroatoms. The summed E-state index contributed by atoms with van der Waals surface area (Å²) in [6, 6.07) is 0. The van der Waals surface area contributed by atoms with Crippen molar-refractivity contribution in [2.24, 2.45) is 5.92 Å². The van der Waals surface area contributed by atoms with Crippen molar-refractivity contribution in [2.75, 3.05) is 26.3 Å². The molecule has 0 bridgehead atoms. The maximum absolute atomic E-state index is 12.1. The standard InChI is InChI=1S/C14H22N4O4/c1-3-21-9-13(19)18-6-4-11(5-7-18)14(20)15-8-12-10(2)16-22-17-12/h11H,3-9H2,1-2H3,(H,15,20). The summed E-state index contributed by atoms with van der Waals surface area (Å²) in [6.07, 6.45) is 1.33. The highest BCUT2D eigenvalue weighted by Crippen LogP contribution is 2.17. The minimum absolute atomic E-state index is 0.00926. The van der Waals surface area contributed by atoms with E-state index in [1.807, 2.05) is 6.92 Å². The molecular formula is C14H22N4O4. The molecule has 22 heavy (non-hydrogen) atoms. The van der Waals surface area contributed by atoms with E-state index in [4.69, 9.17) is 4.74 Å². The van der Waals surface area contributed by atoms with Gasteiger partial charge in [0.1, 0.15) is 18.0 Å². The molecule has 1 N–H and O–H groups in total. The van der Waals surface area contributed by atoms with E-state index in [-0.39, 0.29) is 24.3 Å². The minimum atomic E-state index is -0.0729. The number of amides is 2. The lowest BCUT2D eigenvalue weighted by atomic mass is 9.96. The lowest BCUT2D eigenvalue weighted by Crippen LogP contribution is -2.44. The Hall–Kier alpha value is -1.96. The summed E-state index contributed by atoms with van der Waals surface area (Å²) in [5.74, 6) is -0.0966. The number of aryl methyl sites for hydroxylation is 1. The number of carbonyl (C=O) groups is 2. The third kappa shape index (κ3) is 4.27. The van der Waals surface area contributed by atoms with Gasteiger partial charge in [0, 0.05) is 25.6 Å². The fourth-order valence-corrected chi connectivity index (χ4v) is 2.40. The second-order valence-electron chi connectivity index (χ2n) is 5.31. The van der Waals surface area contributed by atoms with Gasteiger partial charge in [0.2, 0.25) is 11.8 Å². The van der Waals surface area contributed by atoms with Crippen molar-refractivity contribution in [2.45, 2.75) is 33.2 Å². The van der Waals surface area contributed by atoms with Crippen LogP contribution in [0.1, 0.15) is 31.2 Å². The number of hydrogen-bond acceptors (Lipinski definition) is 6. The number of nitrogens with one attached hydrogen (secondary N) is 1. The van der Waals surface area contributed by atoms with Crippen molar-refractivity contribution in [3.05, 3.63) is 11.4 Å². The Morgan fingerprint density at radius 2 is 2.09 bits per heavy atom. The molecule has 0 radical (unpaired) electrons. The van der Waals surface area contributed by atoms with Crippen LogP contribution < -0.4 is 5.32 Å². The quantitative estimate of drug-likeness (QED) is 0.810. The van der Waals surface area contributed by atoms with E-state index in [0.29, 0.717) is 50.5 Å². The second kappa shape index (κ2) is 7.88. The van der Waals surface area contributed by atoms with E-state index in [2.05, 4.69) is 20.3 Å². The van der Waals surface area contributed by atoms with Crippen LogP contribution in [0.25, 0.3) is 0 Å². The predicted molar refractivity (Wildman–Crippen MR) is 76.7 cm³/mol. The molecule has 0 unspecified atom stereocenters. The van der Waals surface area contributed by atoms with Gasteiger partial charge in [0.05, 0.1) is 6.54 Å². The molecule has 1 aromatic heterocycles. The fourth-order valence-electron chi connectivity index (χ4n) is 2.40. The zero-order chi connectivity index (χ0) is 15.9. The van der Waals surface area contributed by atoms with Crippen LogP contribution in [0, 0.1) is 12.8 Å². The van der Waals surface area contributed by atoms with E-state index in [1.54, 1.807) is 11.8 Å². The van der Waals surface area contributed by atoms with Crippen molar-refractivity contribution in [1.29, 1.82) is 0 Å². The number of piperidine rings is 1. The summed E-state index contributed by atoms with van der Waals surface area (Å²) in [6.45, 7) is 5.78. The molecular weight excluding hydrogens is 288 g/mol. The van der Waals surface area contributed by atoms with Crippen LogP contribution in [0.3, 0.4) is 0 Å². The van der Waals surface area contributed by atoms with Crippen LogP contribution in [0.15, 0.2) is 4.63 Å². The summed E-state index contributed by atoms with van der Waals surface area (Å²) in [5, 5.41) is 10.2. The van der Waals surface area contributed by atoms with Gasteiger partial charge in [0.25, 0.3) is 0 Å². The summed E-state index contributed by atoms with van der Waals surface area (Å²) < 4.78 is 9.71. The molecule has 8 nitrogen and oxygen atoms in total. The first kappa shape index (κ1) is 16.4. The van der Waals surface area contributed by atoms with Crippen LogP contribution in [-0.2, 0) is 20.9 Å². The van der Waals surface area contributed by atoms with Gasteiger partial charge in [0.15, 0.2) is 0 Å². The molecule has 0 aliphatic carbocycles. The SMILES string of the molecule is CCOCC(=O)N1CCC(C(=O)NCc2nonc2C)CC1. The average Bonchev–Trinajstić information content (AvgIpc) is 2.95. The number of likely N-dealkylation sites (tertiary alicyclic amines) is 1. The van der Waals surface area contributed by atoms with Crippen LogP contribution >= 0.6 is 0 Å². The molecule has 0 atom stereocenters. The van der Waals surface area contributed by atoms with Gasteiger partial charge < -0.3 is 15.0 Å². The van der Waals surface area contributed by atoms with Crippen molar-refractivity contribution in [1.82, 2.24) is 20.5 Å². The lowest BCUT2D eigenvalue weighted by molar-refractivity contribution is -0.139. The highest BCUT2D eigenvalue weighted by molar-refractivity contribution is 5.80. The first-order valence-corrected chi connectivity index (χ1v) is 7.53. The van der Waals surface area contributed by atoms with Gasteiger partial charge in [-0.1, -0.05) is 10.3 Å². The lowest BCUT2D eigenvalue weighted by Gasteiger charge is -2.31. The first-order chi connectivity index (χ1) is 10.6. The molecule has 1 aliphatic rings. The Morgan fingerprint density at radius 1 is 1.36 bits per heavy atom. The van der Waals surface area contributed by atoms with Gasteiger partial charge in [-0.2, -0.15) is 0 Å². The molecule has 0 spiro atoms. The fraction of sp³-hybridized carbons (Fsp3) is 0.714. The molecule has 1 fully saturated rings. The highest BCUT2D eigenvalue weighted by Gasteiger charge is 2.27. The van der Waals surface area contributed by atoms with Crippen LogP contribution in [0.2, 0.25) is 0 Å². The van der Waals surface area contributed by atoms with E-state index in [0.717, 1.165) is 0 Å². The normalized spacial score (nSPS) is 15.8. The van der Waals surface area contributed by atoms with E-state index >= 15 is 0 Å². The van der Waals surface area contributed by atoms with Crippen LogP contribution in [0.5, 0.6) is 0 Å². The molecule has 2 heterocycles. The highest BCUT2D eigenvalue weighted by atomic mass is 16.6. The monoisotopic (exact) mass is 310 g/mol. The summed E-state index contributed by atoms with van der Waals surface area (Å²) >= 11 is 0. The maximum atomic E-state index is 12.1. The Morgan fingerprint density at radius 3 is 2.68 bits per heavy atom. The Labute approximate surface area is 129 Å². The summed E-state index contributed by atoms with van der Waals surface area (Å²) in [4.78, 5) is 25.7. The predicted octanol–water partition coefficient (Wildman–Crippen LogP) is 0.269. The van der Waals surface area contributed by atoms with E-state index < -0.39 is 0 Å². The van der Waals surface area contributed by atoms with Crippen molar-refractivity contribution in [3.8, 4) is 0 Å². The molecule has 1 aromatic rings. The van der Waals surface area contributed by atoms with Gasteiger partial charge in [-0.15, -0.1) is 0 Å². The Balaban J connectivity index is 1.73. The first-order valence-electron chi connectivity index (χ1n) is 7.53. The van der Waals surface area contributed by atoms with Gasteiger partial charge in [-0.3, -0.25) is 9.59 Å². The number of aromatic nitrogens is 2. The van der Waals surface area contributed by atoms with E-state index in [9.17, 15) is 9.59 Å². The maximum Gasteiger partial charge on any atom is 0.248 e. The second-order valence-corrected chi connectivity index (χ2v) is 5.31. The number of carbonyl (C=O) groups excluding carboxylic acids is 2. The zero-order valence-corrected chi connectivity index (χ0v) is 13.0.